The Hall–Kier alpha value is -3.24. The Morgan fingerprint density at radius 2 is 1.95 bits per heavy atom. The number of nitrogens with zero attached hydrogens (tertiary/aromatic N) is 2. The Kier molecular flexibility index (Phi) is 8.38. The van der Waals surface area contributed by atoms with Gasteiger partial charge in [-0.15, -0.1) is 11.3 Å². The third-order valence-electron chi connectivity index (χ3n) is 7.49. The minimum Gasteiger partial charge on any atom is -0.483 e. The molecule has 2 N–H and O–H groups in total. The summed E-state index contributed by atoms with van der Waals surface area (Å²) < 4.78 is 11.6. The molecule has 2 aromatic rings. The van der Waals surface area contributed by atoms with Crippen molar-refractivity contribution in [2.45, 2.75) is 57.2 Å². The van der Waals surface area contributed by atoms with Crippen molar-refractivity contribution in [1.29, 1.82) is 0 Å². The van der Waals surface area contributed by atoms with Crippen LogP contribution >= 0.6 is 11.3 Å². The third kappa shape index (κ3) is 6.07. The van der Waals surface area contributed by atoms with Crippen LogP contribution in [0, 0.1) is 12.8 Å². The smallest absolute Gasteiger partial charge is 0.273 e. The number of amides is 3. The summed E-state index contributed by atoms with van der Waals surface area (Å²) in [7, 11) is 0. The maximum atomic E-state index is 13.4. The van der Waals surface area contributed by atoms with Gasteiger partial charge >= 0.3 is 0 Å². The average Bonchev–Trinajstić information content (AvgIpc) is 3.36. The average molecular weight is 539 g/mol. The zero-order valence-corrected chi connectivity index (χ0v) is 22.4. The topological polar surface area (TPSA) is 110 Å². The van der Waals surface area contributed by atoms with Crippen LogP contribution in [0.4, 0.5) is 0 Å². The van der Waals surface area contributed by atoms with Crippen LogP contribution in [0.15, 0.2) is 41.8 Å². The van der Waals surface area contributed by atoms with Crippen LogP contribution in [0.2, 0.25) is 0 Å². The summed E-state index contributed by atoms with van der Waals surface area (Å²) in [6, 6.07) is 6.54. The highest BCUT2D eigenvalue weighted by atomic mass is 32.1. The van der Waals surface area contributed by atoms with Gasteiger partial charge < -0.3 is 25.0 Å². The number of benzene rings is 1. The van der Waals surface area contributed by atoms with E-state index in [1.165, 1.54) is 11.3 Å². The lowest BCUT2D eigenvalue weighted by atomic mass is 9.90. The van der Waals surface area contributed by atoms with E-state index in [1.807, 2.05) is 11.8 Å². The predicted molar refractivity (Wildman–Crippen MR) is 143 cm³/mol. The second kappa shape index (κ2) is 12.1. The van der Waals surface area contributed by atoms with Crippen molar-refractivity contribution in [2.24, 2.45) is 5.92 Å². The van der Waals surface area contributed by atoms with Crippen LogP contribution in [0.1, 0.15) is 58.0 Å². The Labute approximate surface area is 226 Å². The predicted octanol–water partition coefficient (Wildman–Crippen LogP) is 3.10. The molecule has 38 heavy (non-hydrogen) atoms. The fraction of sp³-hybridized carbons (Fsp3) is 0.500. The molecule has 3 aliphatic rings. The minimum absolute atomic E-state index is 0.0291. The second-order valence-electron chi connectivity index (χ2n) is 10.1. The van der Waals surface area contributed by atoms with Gasteiger partial charge in [0.2, 0.25) is 0 Å². The molecule has 9 nitrogen and oxygen atoms in total. The van der Waals surface area contributed by atoms with Crippen molar-refractivity contribution >= 4 is 29.1 Å². The van der Waals surface area contributed by atoms with Gasteiger partial charge in [-0.25, -0.2) is 4.98 Å². The van der Waals surface area contributed by atoms with E-state index in [4.69, 9.17) is 9.47 Å². The molecule has 0 aliphatic carbocycles. The number of carbonyl (C=O) groups is 3. The molecule has 3 amide bonds. The number of hydrogen-bond acceptors (Lipinski definition) is 7. The first kappa shape index (κ1) is 26.4. The van der Waals surface area contributed by atoms with Crippen molar-refractivity contribution in [3.8, 4) is 5.75 Å². The van der Waals surface area contributed by atoms with E-state index < -0.39 is 0 Å². The van der Waals surface area contributed by atoms with Gasteiger partial charge in [0, 0.05) is 36.5 Å². The molecule has 1 aromatic carbocycles. The Bertz CT molecular complexity index is 1200. The van der Waals surface area contributed by atoms with Gasteiger partial charge in [-0.1, -0.05) is 24.3 Å². The number of aromatic nitrogens is 1. The van der Waals surface area contributed by atoms with E-state index in [0.29, 0.717) is 43.2 Å². The number of carbonyl (C=O) groups excluding carboxylic acids is 3. The summed E-state index contributed by atoms with van der Waals surface area (Å²) in [6.45, 7) is 3.46. The zero-order valence-electron chi connectivity index (χ0n) is 21.6. The maximum Gasteiger partial charge on any atom is 0.273 e. The van der Waals surface area contributed by atoms with Crippen molar-refractivity contribution in [1.82, 2.24) is 20.5 Å². The van der Waals surface area contributed by atoms with Crippen LogP contribution < -0.4 is 15.4 Å². The van der Waals surface area contributed by atoms with Crippen LogP contribution in [-0.4, -0.2) is 72.1 Å². The van der Waals surface area contributed by atoms with E-state index >= 15 is 0 Å². The van der Waals surface area contributed by atoms with Gasteiger partial charge in [-0.3, -0.25) is 14.4 Å². The summed E-state index contributed by atoms with van der Waals surface area (Å²) in [5.74, 6) is -0.0915. The summed E-state index contributed by atoms with van der Waals surface area (Å²) in [5, 5.41) is 8.91. The molecule has 2 fully saturated rings. The van der Waals surface area contributed by atoms with Crippen molar-refractivity contribution in [3.63, 3.8) is 0 Å². The first-order valence-electron chi connectivity index (χ1n) is 13.3. The zero-order chi connectivity index (χ0) is 26.5. The van der Waals surface area contributed by atoms with E-state index in [1.54, 1.807) is 29.6 Å². The first-order valence-corrected chi connectivity index (χ1v) is 14.2. The highest BCUT2D eigenvalue weighted by molar-refractivity contribution is 7.09. The molecule has 0 bridgehead atoms. The van der Waals surface area contributed by atoms with Gasteiger partial charge in [0.25, 0.3) is 17.7 Å². The number of aryl methyl sites for hydroxylation is 1. The minimum atomic E-state index is -0.283. The number of nitrogens with one attached hydrogen (secondary N) is 2. The molecular weight excluding hydrogens is 504 g/mol. The quantitative estimate of drug-likeness (QED) is 0.540. The second-order valence-corrected chi connectivity index (χ2v) is 11.1. The molecule has 4 heterocycles. The Morgan fingerprint density at radius 3 is 2.79 bits per heavy atom. The van der Waals surface area contributed by atoms with E-state index in [-0.39, 0.29) is 48.4 Å². The number of ether oxygens (including phenoxy) is 2. The van der Waals surface area contributed by atoms with Gasteiger partial charge in [-0.05, 0) is 51.2 Å². The first-order chi connectivity index (χ1) is 18.5. The maximum absolute atomic E-state index is 13.4. The Balaban J connectivity index is 1.41. The lowest BCUT2D eigenvalue weighted by Crippen LogP contribution is -2.57. The molecule has 1 aromatic heterocycles. The summed E-state index contributed by atoms with van der Waals surface area (Å²) in [4.78, 5) is 45.8. The lowest BCUT2D eigenvalue weighted by Gasteiger charge is -2.41. The molecule has 0 unspecified atom stereocenters. The van der Waals surface area contributed by atoms with Crippen molar-refractivity contribution < 1.29 is 23.9 Å². The molecule has 10 heteroatoms. The van der Waals surface area contributed by atoms with Gasteiger partial charge in [0.1, 0.15) is 11.4 Å². The number of para-hydroxylation sites is 1. The van der Waals surface area contributed by atoms with Crippen LogP contribution in [0.3, 0.4) is 0 Å². The van der Waals surface area contributed by atoms with Crippen LogP contribution in [-0.2, 0) is 9.53 Å². The molecule has 3 aliphatic heterocycles. The SMILES string of the molecule is Cc1nc(C(=O)N2CCC[C@H]3NC(=O)COc4ccccc4C(=O)N[C@@H]4CCOC[C@@H]4CC=CC[C@@H]32)cs1. The van der Waals surface area contributed by atoms with E-state index in [0.717, 1.165) is 30.7 Å². The Morgan fingerprint density at radius 1 is 1.11 bits per heavy atom. The summed E-state index contributed by atoms with van der Waals surface area (Å²) >= 11 is 1.46. The monoisotopic (exact) mass is 538 g/mol. The van der Waals surface area contributed by atoms with Gasteiger partial charge in [0.15, 0.2) is 6.61 Å². The molecule has 0 spiro atoms. The van der Waals surface area contributed by atoms with Crippen molar-refractivity contribution in [2.75, 3.05) is 26.4 Å². The molecule has 4 atom stereocenters. The summed E-state index contributed by atoms with van der Waals surface area (Å²) in [6.07, 6.45) is 7.83. The fourth-order valence-corrected chi connectivity index (χ4v) is 6.11. The number of hydrogen-bond donors (Lipinski definition) is 2. The van der Waals surface area contributed by atoms with Crippen LogP contribution in [0.5, 0.6) is 5.75 Å². The molecule has 5 rings (SSSR count). The van der Waals surface area contributed by atoms with E-state index in [9.17, 15) is 14.4 Å². The number of likely N-dealkylation sites (tertiary alicyclic amines) is 1. The standard InChI is InChI=1S/C28H34N4O5S/c1-18-29-23(17-38-18)28(35)32-13-6-9-22-24(32)10-4-2-7-19-15-36-14-12-21(19)31-27(34)20-8-3-5-11-25(20)37-16-26(33)30-22/h2-5,8,11,17,19,21-22,24H,6-7,9-10,12-16H2,1H3,(H,30,33)(H,31,34)/t19-,21+,22+,24-/m0/s1. The van der Waals surface area contributed by atoms with Crippen LogP contribution in [0.25, 0.3) is 0 Å². The fourth-order valence-electron chi connectivity index (χ4n) is 5.52. The normalized spacial score (nSPS) is 26.7. The number of fused-ring (bicyclic) bond motifs is 3. The van der Waals surface area contributed by atoms with Crippen molar-refractivity contribution in [3.05, 3.63) is 58.1 Å². The van der Waals surface area contributed by atoms with E-state index in [2.05, 4.69) is 27.8 Å². The summed E-state index contributed by atoms with van der Waals surface area (Å²) in [5.41, 5.74) is 0.854. The highest BCUT2D eigenvalue weighted by Gasteiger charge is 2.36. The number of thiazole rings is 1. The molecule has 0 saturated carbocycles. The molecular formula is C28H34N4O5S. The molecule has 202 valence electrons. The largest absolute Gasteiger partial charge is 0.483 e. The highest BCUT2D eigenvalue weighted by Crippen LogP contribution is 2.26. The third-order valence-corrected chi connectivity index (χ3v) is 8.26. The lowest BCUT2D eigenvalue weighted by molar-refractivity contribution is -0.124. The molecule has 2 saturated heterocycles. The van der Waals surface area contributed by atoms with Gasteiger partial charge in [0.05, 0.1) is 23.2 Å². The number of allylic oxidation sites excluding steroid dienone is 1. The number of piperidine rings is 1. The number of rotatable bonds is 1. The molecule has 0 radical (unpaired) electrons. The van der Waals surface area contributed by atoms with Gasteiger partial charge in [-0.2, -0.15) is 0 Å².